The van der Waals surface area contributed by atoms with Gasteiger partial charge in [0.2, 0.25) is 23.4 Å². The van der Waals surface area contributed by atoms with Crippen LogP contribution in [0, 0.1) is 5.41 Å². The highest BCUT2D eigenvalue weighted by atomic mass is 16.5. The third-order valence-corrected chi connectivity index (χ3v) is 6.86. The van der Waals surface area contributed by atoms with Gasteiger partial charge in [0.1, 0.15) is 0 Å². The molecule has 236 valence electrons. The fourth-order valence-electron chi connectivity index (χ4n) is 4.65. The zero-order valence-corrected chi connectivity index (χ0v) is 25.8. The van der Waals surface area contributed by atoms with Crippen LogP contribution in [0.4, 0.5) is 5.82 Å². The third kappa shape index (κ3) is 7.13. The Kier molecular flexibility index (Phi) is 10.5. The van der Waals surface area contributed by atoms with Gasteiger partial charge in [0.05, 0.1) is 61.3 Å². The Bertz CT molecular complexity index is 1660. The molecule has 0 aliphatic carbocycles. The fraction of sp³-hybridized carbons (Fsp3) is 0.258. The molecule has 4 rings (SSSR count). The first kappa shape index (κ1) is 32.3. The molecule has 1 aromatic heterocycles. The van der Waals surface area contributed by atoms with Crippen molar-refractivity contribution in [3.8, 4) is 34.5 Å². The molecule has 3 aromatic carbocycles. The molecule has 0 saturated carbocycles. The molecule has 0 bridgehead atoms. The van der Waals surface area contributed by atoms with Crippen LogP contribution in [0.2, 0.25) is 0 Å². The predicted octanol–water partition coefficient (Wildman–Crippen LogP) is 3.66. The number of guanidine groups is 1. The van der Waals surface area contributed by atoms with E-state index in [1.165, 1.54) is 48.9 Å². The van der Waals surface area contributed by atoms with E-state index in [2.05, 4.69) is 20.5 Å². The summed E-state index contributed by atoms with van der Waals surface area (Å²) >= 11 is 0. The molecule has 1 atom stereocenters. The largest absolute Gasteiger partial charge is 0.493 e. The number of rotatable bonds is 12. The second-order valence-corrected chi connectivity index (χ2v) is 9.44. The number of anilines is 1. The summed E-state index contributed by atoms with van der Waals surface area (Å²) in [4.78, 5) is 17.9. The van der Waals surface area contributed by atoms with E-state index < -0.39 is 11.9 Å². The highest BCUT2D eigenvalue weighted by Crippen LogP contribution is 2.41. The van der Waals surface area contributed by atoms with Gasteiger partial charge in [0.15, 0.2) is 28.8 Å². The second-order valence-electron chi connectivity index (χ2n) is 9.44. The van der Waals surface area contributed by atoms with Crippen molar-refractivity contribution in [2.75, 3.05) is 47.7 Å². The normalized spacial score (nSPS) is 11.5. The van der Waals surface area contributed by atoms with E-state index in [0.717, 1.165) is 10.4 Å². The van der Waals surface area contributed by atoms with Crippen LogP contribution in [0.15, 0.2) is 59.7 Å². The van der Waals surface area contributed by atoms with Gasteiger partial charge in [-0.2, -0.15) is 5.10 Å². The van der Waals surface area contributed by atoms with Gasteiger partial charge >= 0.3 is 0 Å². The molecule has 1 heterocycles. The maximum absolute atomic E-state index is 13.6. The topological polar surface area (TPSA) is 176 Å². The van der Waals surface area contributed by atoms with Crippen LogP contribution in [0.1, 0.15) is 23.6 Å². The lowest BCUT2D eigenvalue weighted by molar-refractivity contribution is -0.119. The van der Waals surface area contributed by atoms with Crippen LogP contribution in [-0.2, 0) is 4.79 Å². The average Bonchev–Trinajstić information content (AvgIpc) is 3.08. The Balaban J connectivity index is 1.68. The number of methoxy groups -OCH3 is 6. The number of hydrazine groups is 1. The van der Waals surface area contributed by atoms with E-state index in [0.29, 0.717) is 51.0 Å². The van der Waals surface area contributed by atoms with E-state index in [4.69, 9.17) is 39.7 Å². The van der Waals surface area contributed by atoms with Gasteiger partial charge < -0.3 is 33.7 Å². The summed E-state index contributed by atoms with van der Waals surface area (Å²) < 4.78 is 32.7. The number of carbonyl (C=O) groups excluding carboxylic acids is 1. The molecule has 14 nitrogen and oxygen atoms in total. The Morgan fingerprint density at radius 1 is 0.911 bits per heavy atom. The summed E-state index contributed by atoms with van der Waals surface area (Å²) in [6, 6.07) is 13.2. The summed E-state index contributed by atoms with van der Waals surface area (Å²) in [5.41, 5.74) is 1.13. The van der Waals surface area contributed by atoms with Gasteiger partial charge in [-0.25, -0.2) is 15.8 Å². The van der Waals surface area contributed by atoms with E-state index in [1.54, 1.807) is 36.5 Å². The highest BCUT2D eigenvalue weighted by molar-refractivity contribution is 6.01. The van der Waals surface area contributed by atoms with Crippen LogP contribution in [0.5, 0.6) is 34.5 Å². The Morgan fingerprint density at radius 2 is 1.47 bits per heavy atom. The van der Waals surface area contributed by atoms with E-state index in [1.807, 2.05) is 18.2 Å². The van der Waals surface area contributed by atoms with Crippen LogP contribution in [0.3, 0.4) is 0 Å². The number of nitrogens with two attached hydrogens (primary N) is 1. The first-order chi connectivity index (χ1) is 21.8. The maximum Gasteiger partial charge on any atom is 0.244 e. The smallest absolute Gasteiger partial charge is 0.244 e. The molecular formula is C31H35N7O7. The fourth-order valence-corrected chi connectivity index (χ4v) is 4.65. The van der Waals surface area contributed by atoms with Crippen molar-refractivity contribution >= 4 is 34.7 Å². The number of ether oxygens (including phenoxy) is 6. The number of benzene rings is 3. The van der Waals surface area contributed by atoms with Crippen molar-refractivity contribution < 1.29 is 33.2 Å². The minimum Gasteiger partial charge on any atom is -0.493 e. The number of aliphatic imine (C=N–C) groups is 1. The van der Waals surface area contributed by atoms with Crippen molar-refractivity contribution in [2.45, 2.75) is 12.5 Å². The molecule has 0 spiro atoms. The average molecular weight is 618 g/mol. The number of hydrogen-bond acceptors (Lipinski definition) is 11. The second kappa shape index (κ2) is 14.7. The van der Waals surface area contributed by atoms with Crippen LogP contribution >= 0.6 is 0 Å². The molecule has 14 heteroatoms. The molecule has 0 aliphatic rings. The van der Waals surface area contributed by atoms with Crippen molar-refractivity contribution in [3.63, 3.8) is 0 Å². The number of carbonyl (C=O) groups is 1. The molecule has 4 aromatic rings. The van der Waals surface area contributed by atoms with Crippen LogP contribution < -0.4 is 44.6 Å². The quantitative estimate of drug-likeness (QED) is 0.0695. The minimum absolute atomic E-state index is 0.192. The first-order valence-corrected chi connectivity index (χ1v) is 13.6. The van der Waals surface area contributed by atoms with E-state index in [9.17, 15) is 4.79 Å². The number of nitrogens with one attached hydrogen (secondary N) is 2. The molecule has 0 aliphatic heterocycles. The lowest BCUT2D eigenvalue weighted by Crippen LogP contribution is -2.41. The lowest BCUT2D eigenvalue weighted by atomic mass is 10.0. The first-order valence-electron chi connectivity index (χ1n) is 13.6. The molecule has 45 heavy (non-hydrogen) atoms. The van der Waals surface area contributed by atoms with Gasteiger partial charge in [-0.15, -0.1) is 5.10 Å². The van der Waals surface area contributed by atoms with Crippen molar-refractivity contribution in [2.24, 2.45) is 10.8 Å². The Hall–Kier alpha value is -5.63. The number of hydrogen-bond donors (Lipinski definition) is 3. The van der Waals surface area contributed by atoms with Crippen LogP contribution in [-0.4, -0.2) is 70.9 Å². The Morgan fingerprint density at radius 3 is 2.02 bits per heavy atom. The number of amides is 1. The highest BCUT2D eigenvalue weighted by Gasteiger charge is 2.26. The molecule has 0 saturated heterocycles. The van der Waals surface area contributed by atoms with E-state index in [-0.39, 0.29) is 18.2 Å². The molecule has 0 radical (unpaired) electrons. The summed E-state index contributed by atoms with van der Waals surface area (Å²) in [6.45, 7) is 0. The zero-order chi connectivity index (χ0) is 32.5. The molecule has 4 N–H and O–H groups in total. The Labute approximate surface area is 260 Å². The summed E-state index contributed by atoms with van der Waals surface area (Å²) in [5, 5.41) is 22.1. The zero-order valence-electron chi connectivity index (χ0n) is 25.8. The molecular weight excluding hydrogens is 582 g/mol. The number of aromatic nitrogens is 2. The van der Waals surface area contributed by atoms with Gasteiger partial charge in [-0.3, -0.25) is 10.2 Å². The minimum atomic E-state index is -0.815. The van der Waals surface area contributed by atoms with Gasteiger partial charge in [-0.1, -0.05) is 24.3 Å². The summed E-state index contributed by atoms with van der Waals surface area (Å²) in [6.07, 6.45) is 2.83. The number of nitrogens with zero attached hydrogens (tertiary/aromatic N) is 4. The summed E-state index contributed by atoms with van der Waals surface area (Å²) in [5.74, 6) is 8.12. The monoisotopic (exact) mass is 617 g/mol. The maximum atomic E-state index is 13.6. The van der Waals surface area contributed by atoms with Crippen molar-refractivity contribution in [1.82, 2.24) is 15.5 Å². The standard InChI is InChI=1S/C31H35N7O7/c1-40-23-11-18(12-24(41-2)28(23)44-5)16-34-31(32)36-22(20-13-25(42-3)29(45-6)26(14-20)43-4)15-27(39)38(33)30-21-10-8-7-9-19(21)17-35-37-30/h7-14,16-17,22H,15,33H2,1-6H3,(H2,32,36). The van der Waals surface area contributed by atoms with E-state index >= 15 is 0 Å². The SMILES string of the molecule is COc1cc(C=NC(=N)NC(CC(=O)N(N)c2nncc3ccccc23)c2cc(OC)c(OC)c(OC)c2)cc(OC)c1OC. The van der Waals surface area contributed by atoms with Gasteiger partial charge in [0, 0.05) is 22.6 Å². The number of fused-ring (bicyclic) bond motifs is 1. The van der Waals surface area contributed by atoms with Crippen molar-refractivity contribution in [1.29, 1.82) is 5.41 Å². The predicted molar refractivity (Wildman–Crippen MR) is 169 cm³/mol. The molecule has 1 unspecified atom stereocenters. The molecule has 0 fully saturated rings. The van der Waals surface area contributed by atoms with Gasteiger partial charge in [-0.05, 0) is 29.8 Å². The van der Waals surface area contributed by atoms with Gasteiger partial charge in [0.25, 0.3) is 0 Å². The third-order valence-electron chi connectivity index (χ3n) is 6.86. The van der Waals surface area contributed by atoms with Crippen LogP contribution in [0.25, 0.3) is 10.8 Å². The van der Waals surface area contributed by atoms with Crippen molar-refractivity contribution in [3.05, 3.63) is 65.9 Å². The lowest BCUT2D eigenvalue weighted by Gasteiger charge is -2.24. The molecule has 1 amide bonds. The summed E-state index contributed by atoms with van der Waals surface area (Å²) in [7, 11) is 8.98.